The molecule has 0 bridgehead atoms. The number of fused-ring (bicyclic) bond motifs is 1. The first-order valence-electron chi connectivity index (χ1n) is 9.17. The molecule has 3 aromatic rings. The Balaban J connectivity index is 1.96. The Bertz CT molecular complexity index is 1320. The molecular formula is C19H22N4O6S2. The van der Waals surface area contributed by atoms with Crippen LogP contribution in [-0.4, -0.2) is 58.1 Å². The first kappa shape index (κ1) is 22.6. The number of pyridine rings is 1. The molecule has 2 aromatic heterocycles. The number of sulfone groups is 1. The minimum atomic E-state index is -4.06. The number of hydrogen-bond acceptors (Lipinski definition) is 7. The maximum Gasteiger partial charge on any atom is 0.294 e. The molecule has 2 heterocycles. The first-order chi connectivity index (χ1) is 14.5. The van der Waals surface area contributed by atoms with E-state index in [0.717, 1.165) is 10.7 Å². The first-order valence-corrected chi connectivity index (χ1v) is 12.7. The molecule has 166 valence electrons. The molecule has 0 saturated carbocycles. The Morgan fingerprint density at radius 2 is 1.90 bits per heavy atom. The maximum absolute atomic E-state index is 13.0. The van der Waals surface area contributed by atoms with Gasteiger partial charge in [-0.05, 0) is 42.8 Å². The highest BCUT2D eigenvalue weighted by molar-refractivity contribution is 7.92. The zero-order valence-electron chi connectivity index (χ0n) is 16.9. The Morgan fingerprint density at radius 1 is 1.16 bits per heavy atom. The van der Waals surface area contributed by atoms with Crippen molar-refractivity contribution in [3.8, 4) is 5.75 Å². The minimum absolute atomic E-state index is 0.00756. The van der Waals surface area contributed by atoms with Gasteiger partial charge < -0.3 is 10.5 Å². The predicted molar refractivity (Wildman–Crippen MR) is 116 cm³/mol. The number of sulfonamides is 1. The highest BCUT2D eigenvalue weighted by Crippen LogP contribution is 2.26. The second-order valence-electron chi connectivity index (χ2n) is 6.87. The topological polar surface area (TPSA) is 142 Å². The lowest BCUT2D eigenvalue weighted by Crippen LogP contribution is -2.39. The smallest absolute Gasteiger partial charge is 0.294 e. The number of ether oxygens (including phenoxy) is 1. The number of primary amides is 1. The van der Waals surface area contributed by atoms with Crippen LogP contribution in [0.15, 0.2) is 53.7 Å². The summed E-state index contributed by atoms with van der Waals surface area (Å²) in [6.07, 6.45) is 2.84. The molecule has 0 saturated heterocycles. The van der Waals surface area contributed by atoms with Crippen molar-refractivity contribution in [2.24, 2.45) is 5.73 Å². The van der Waals surface area contributed by atoms with Gasteiger partial charge >= 0.3 is 0 Å². The number of carbonyl (C=O) groups excluding carboxylic acids is 1. The lowest BCUT2D eigenvalue weighted by Gasteiger charge is -2.23. The number of amides is 1. The van der Waals surface area contributed by atoms with Crippen LogP contribution in [0, 0.1) is 0 Å². The number of aromatic nitrogens is 2. The summed E-state index contributed by atoms with van der Waals surface area (Å²) in [5.74, 6) is -0.354. The number of nitrogens with zero attached hydrogens (tertiary/aromatic N) is 3. The third kappa shape index (κ3) is 4.97. The molecule has 10 nitrogen and oxygen atoms in total. The fourth-order valence-corrected chi connectivity index (χ4v) is 4.75. The fourth-order valence-electron chi connectivity index (χ4n) is 3.00. The lowest BCUT2D eigenvalue weighted by atomic mass is 10.2. The summed E-state index contributed by atoms with van der Waals surface area (Å²) >= 11 is 0. The number of rotatable bonds is 9. The van der Waals surface area contributed by atoms with E-state index in [4.69, 9.17) is 10.5 Å². The second-order valence-corrected chi connectivity index (χ2v) is 11.0. The lowest BCUT2D eigenvalue weighted by molar-refractivity contribution is 0.0992. The summed E-state index contributed by atoms with van der Waals surface area (Å²) in [5, 5.41) is 0.345. The number of carbonyl (C=O) groups is 1. The molecule has 0 spiro atoms. The van der Waals surface area contributed by atoms with Crippen molar-refractivity contribution in [1.82, 2.24) is 9.66 Å². The van der Waals surface area contributed by atoms with E-state index in [9.17, 15) is 21.6 Å². The third-order valence-electron chi connectivity index (χ3n) is 4.46. The minimum Gasteiger partial charge on any atom is -0.494 e. The van der Waals surface area contributed by atoms with Gasteiger partial charge in [-0.15, -0.1) is 0 Å². The van der Waals surface area contributed by atoms with E-state index in [0.29, 0.717) is 23.1 Å². The summed E-state index contributed by atoms with van der Waals surface area (Å²) < 4.78 is 56.1. The molecule has 2 N–H and O–H groups in total. The van der Waals surface area contributed by atoms with E-state index < -0.39 is 25.8 Å². The Labute approximate surface area is 180 Å². The molecule has 0 aliphatic carbocycles. The van der Waals surface area contributed by atoms with E-state index in [-0.39, 0.29) is 23.1 Å². The van der Waals surface area contributed by atoms with E-state index in [1.165, 1.54) is 30.1 Å². The van der Waals surface area contributed by atoms with Gasteiger partial charge in [0.1, 0.15) is 21.3 Å². The Morgan fingerprint density at radius 3 is 2.52 bits per heavy atom. The van der Waals surface area contributed by atoms with Crippen LogP contribution >= 0.6 is 0 Å². The quantitative estimate of drug-likeness (QED) is 0.462. The summed E-state index contributed by atoms with van der Waals surface area (Å²) in [7, 11) is -5.84. The maximum atomic E-state index is 13.0. The highest BCUT2D eigenvalue weighted by Gasteiger charge is 2.27. The standard InChI is InChI=1S/C19H22N4O6S2/c1-22(31(27,28)18-6-3-4-9-21-18)23-16-8-7-15(29-10-5-11-30(2,25)26)12-14(16)13-17(23)19(20)24/h3-4,6-9,12-13H,5,10-11H2,1-2H3,(H2,20,24). The van der Waals surface area contributed by atoms with Gasteiger partial charge in [0.15, 0.2) is 5.03 Å². The van der Waals surface area contributed by atoms with Gasteiger partial charge in [-0.1, -0.05) is 6.07 Å². The predicted octanol–water partition coefficient (Wildman–Crippen LogP) is 0.905. The SMILES string of the molecule is CN(n1c(C(N)=O)cc2cc(OCCCS(C)(=O)=O)ccc21)S(=O)(=O)c1ccccn1. The average molecular weight is 467 g/mol. The molecule has 0 aliphatic heterocycles. The van der Waals surface area contributed by atoms with Gasteiger partial charge in [-0.2, -0.15) is 8.42 Å². The van der Waals surface area contributed by atoms with E-state index in [1.54, 1.807) is 30.3 Å². The van der Waals surface area contributed by atoms with Crippen LogP contribution in [0.2, 0.25) is 0 Å². The molecular weight excluding hydrogens is 444 g/mol. The van der Waals surface area contributed by atoms with Gasteiger partial charge in [0.25, 0.3) is 15.9 Å². The van der Waals surface area contributed by atoms with Crippen LogP contribution in [0.5, 0.6) is 5.75 Å². The fraction of sp³-hybridized carbons (Fsp3) is 0.263. The molecule has 1 aromatic carbocycles. The van der Waals surface area contributed by atoms with Crippen molar-refractivity contribution in [3.63, 3.8) is 0 Å². The Hall–Kier alpha value is -3.12. The van der Waals surface area contributed by atoms with Crippen LogP contribution in [0.1, 0.15) is 16.9 Å². The van der Waals surface area contributed by atoms with Crippen LogP contribution in [-0.2, 0) is 19.9 Å². The van der Waals surface area contributed by atoms with Crippen molar-refractivity contribution >= 4 is 36.7 Å². The van der Waals surface area contributed by atoms with Gasteiger partial charge in [0.2, 0.25) is 0 Å². The van der Waals surface area contributed by atoms with Gasteiger partial charge in [-0.3, -0.25) is 4.79 Å². The average Bonchev–Trinajstić information content (AvgIpc) is 3.09. The van der Waals surface area contributed by atoms with Crippen LogP contribution in [0.4, 0.5) is 0 Å². The summed E-state index contributed by atoms with van der Waals surface area (Å²) in [5.41, 5.74) is 5.87. The zero-order chi connectivity index (χ0) is 22.8. The number of nitrogens with two attached hydrogens (primary N) is 1. The highest BCUT2D eigenvalue weighted by atomic mass is 32.2. The number of benzene rings is 1. The molecule has 3 rings (SSSR count). The van der Waals surface area contributed by atoms with E-state index in [2.05, 4.69) is 4.98 Å². The second kappa shape index (κ2) is 8.55. The molecule has 0 atom stereocenters. The molecule has 0 unspecified atom stereocenters. The van der Waals surface area contributed by atoms with Gasteiger partial charge in [0.05, 0.1) is 17.9 Å². The van der Waals surface area contributed by atoms with Crippen LogP contribution < -0.4 is 14.9 Å². The van der Waals surface area contributed by atoms with Crippen molar-refractivity contribution < 1.29 is 26.4 Å². The van der Waals surface area contributed by atoms with Crippen molar-refractivity contribution in [2.45, 2.75) is 11.4 Å². The van der Waals surface area contributed by atoms with Gasteiger partial charge in [0, 0.05) is 24.9 Å². The van der Waals surface area contributed by atoms with Crippen LogP contribution in [0.3, 0.4) is 0 Å². The summed E-state index contributed by atoms with van der Waals surface area (Å²) in [6, 6.07) is 10.8. The van der Waals surface area contributed by atoms with Crippen molar-refractivity contribution in [1.29, 1.82) is 0 Å². The summed E-state index contributed by atoms with van der Waals surface area (Å²) in [6.45, 7) is 0.190. The van der Waals surface area contributed by atoms with E-state index >= 15 is 0 Å². The van der Waals surface area contributed by atoms with E-state index in [1.807, 2.05) is 0 Å². The Kier molecular flexibility index (Phi) is 6.23. The largest absolute Gasteiger partial charge is 0.494 e. The molecule has 12 heteroatoms. The molecule has 0 aliphatic rings. The number of hydrogen-bond donors (Lipinski definition) is 1. The zero-order valence-corrected chi connectivity index (χ0v) is 18.6. The normalized spacial score (nSPS) is 12.1. The molecule has 31 heavy (non-hydrogen) atoms. The molecule has 0 fully saturated rings. The van der Waals surface area contributed by atoms with Gasteiger partial charge in [-0.25, -0.2) is 22.5 Å². The van der Waals surface area contributed by atoms with Crippen molar-refractivity contribution in [3.05, 3.63) is 54.4 Å². The monoisotopic (exact) mass is 466 g/mol. The molecule has 0 radical (unpaired) electrons. The summed E-state index contributed by atoms with van der Waals surface area (Å²) in [4.78, 5) is 15.9. The molecule has 1 amide bonds. The third-order valence-corrected chi connectivity index (χ3v) is 7.12. The van der Waals surface area contributed by atoms with Crippen molar-refractivity contribution in [2.75, 3.05) is 30.1 Å². The van der Waals surface area contributed by atoms with Crippen LogP contribution in [0.25, 0.3) is 10.9 Å².